The summed E-state index contributed by atoms with van der Waals surface area (Å²) in [6.07, 6.45) is 3.47. The van der Waals surface area contributed by atoms with Crippen LogP contribution in [-0.2, 0) is 23.1 Å². The Hall–Kier alpha value is -2.88. The molecule has 2 heterocycles. The number of pyridine rings is 2. The van der Waals surface area contributed by atoms with Gasteiger partial charge in [-0.2, -0.15) is 0 Å². The summed E-state index contributed by atoms with van der Waals surface area (Å²) in [6.45, 7) is 0.997. The second kappa shape index (κ2) is 8.87. The standard InChI is InChI=1S/C19H19N5O2S2/c20-28(25,26)18-9-7-15(8-10-18)23-19(27)24(13-16-5-1-3-11-21-16)14-17-6-2-4-12-22-17/h1-12H,13-14H2,(H,23,27)(H2,20,25,26). The van der Waals surface area contributed by atoms with Crippen LogP contribution in [0.25, 0.3) is 0 Å². The van der Waals surface area contributed by atoms with Crippen LogP contribution in [0.4, 0.5) is 5.69 Å². The first kappa shape index (κ1) is 19.9. The summed E-state index contributed by atoms with van der Waals surface area (Å²) in [4.78, 5) is 10.7. The second-order valence-electron chi connectivity index (χ2n) is 6.00. The van der Waals surface area contributed by atoms with Crippen LogP contribution in [0.3, 0.4) is 0 Å². The van der Waals surface area contributed by atoms with E-state index >= 15 is 0 Å². The number of nitrogens with two attached hydrogens (primary N) is 1. The van der Waals surface area contributed by atoms with Crippen molar-refractivity contribution in [3.8, 4) is 0 Å². The highest BCUT2D eigenvalue weighted by molar-refractivity contribution is 7.89. The fourth-order valence-electron chi connectivity index (χ4n) is 2.50. The molecule has 7 nitrogen and oxygen atoms in total. The molecule has 1 aromatic carbocycles. The largest absolute Gasteiger partial charge is 0.337 e. The van der Waals surface area contributed by atoms with Crippen molar-refractivity contribution >= 4 is 33.0 Å². The van der Waals surface area contributed by atoms with E-state index in [-0.39, 0.29) is 4.90 Å². The number of hydrogen-bond acceptors (Lipinski definition) is 5. The summed E-state index contributed by atoms with van der Waals surface area (Å²) in [5, 5.41) is 8.73. The first-order valence-corrected chi connectivity index (χ1v) is 10.4. The molecular weight excluding hydrogens is 394 g/mol. The number of nitrogens with one attached hydrogen (secondary N) is 1. The van der Waals surface area contributed by atoms with Crippen molar-refractivity contribution in [2.75, 3.05) is 5.32 Å². The fraction of sp³-hybridized carbons (Fsp3) is 0.105. The average Bonchev–Trinajstić information content (AvgIpc) is 2.69. The topological polar surface area (TPSA) is 101 Å². The molecule has 0 amide bonds. The Morgan fingerprint density at radius 2 is 1.46 bits per heavy atom. The molecule has 0 saturated heterocycles. The Morgan fingerprint density at radius 3 is 1.89 bits per heavy atom. The van der Waals surface area contributed by atoms with Gasteiger partial charge in [-0.05, 0) is 60.7 Å². The molecule has 0 bridgehead atoms. The number of primary sulfonamides is 1. The Balaban J connectivity index is 1.77. The van der Waals surface area contributed by atoms with Gasteiger partial charge < -0.3 is 10.2 Å². The highest BCUT2D eigenvalue weighted by Gasteiger charge is 2.14. The molecule has 0 saturated carbocycles. The van der Waals surface area contributed by atoms with Gasteiger partial charge in [-0.25, -0.2) is 13.6 Å². The molecule has 2 aromatic heterocycles. The first-order chi connectivity index (χ1) is 13.4. The predicted octanol–water partition coefficient (Wildman–Crippen LogP) is 2.52. The molecule has 0 aliphatic heterocycles. The van der Waals surface area contributed by atoms with Gasteiger partial charge in [-0.15, -0.1) is 0 Å². The molecule has 0 atom stereocenters. The van der Waals surface area contributed by atoms with E-state index in [0.717, 1.165) is 11.4 Å². The molecule has 0 radical (unpaired) electrons. The molecule has 0 aliphatic rings. The van der Waals surface area contributed by atoms with Crippen LogP contribution in [0.2, 0.25) is 0 Å². The number of thiocarbonyl (C=S) groups is 1. The van der Waals surface area contributed by atoms with Gasteiger partial charge in [-0.3, -0.25) is 9.97 Å². The van der Waals surface area contributed by atoms with Crippen LogP contribution in [0.15, 0.2) is 78.0 Å². The minimum atomic E-state index is -3.73. The summed E-state index contributed by atoms with van der Waals surface area (Å²) < 4.78 is 22.8. The summed E-state index contributed by atoms with van der Waals surface area (Å²) in [6, 6.07) is 17.5. The normalized spacial score (nSPS) is 11.0. The molecule has 28 heavy (non-hydrogen) atoms. The smallest absolute Gasteiger partial charge is 0.238 e. The van der Waals surface area contributed by atoms with Gasteiger partial charge in [0.15, 0.2) is 5.11 Å². The van der Waals surface area contributed by atoms with Gasteiger partial charge in [-0.1, -0.05) is 12.1 Å². The average molecular weight is 414 g/mol. The Kier molecular flexibility index (Phi) is 6.30. The molecule has 3 rings (SSSR count). The molecule has 9 heteroatoms. The molecule has 3 aromatic rings. The maximum absolute atomic E-state index is 11.4. The molecule has 0 fully saturated rings. The van der Waals surface area contributed by atoms with E-state index in [0.29, 0.717) is 23.9 Å². The zero-order chi connectivity index (χ0) is 20.0. The predicted molar refractivity (Wildman–Crippen MR) is 112 cm³/mol. The lowest BCUT2D eigenvalue weighted by Crippen LogP contribution is -2.34. The van der Waals surface area contributed by atoms with Crippen LogP contribution in [0, 0.1) is 0 Å². The lowest BCUT2D eigenvalue weighted by atomic mass is 10.3. The second-order valence-corrected chi connectivity index (χ2v) is 7.95. The Labute approximate surface area is 169 Å². The van der Waals surface area contributed by atoms with E-state index in [9.17, 15) is 8.42 Å². The Morgan fingerprint density at radius 1 is 0.929 bits per heavy atom. The zero-order valence-corrected chi connectivity index (χ0v) is 16.5. The van der Waals surface area contributed by atoms with Gasteiger partial charge in [0, 0.05) is 18.1 Å². The minimum Gasteiger partial charge on any atom is -0.337 e. The summed E-state index contributed by atoms with van der Waals surface area (Å²) in [5.41, 5.74) is 2.39. The number of aromatic nitrogens is 2. The molecule has 0 aliphatic carbocycles. The third kappa shape index (κ3) is 5.56. The number of anilines is 1. The SMILES string of the molecule is NS(=O)(=O)c1ccc(NC(=S)N(Cc2ccccn2)Cc2ccccn2)cc1. The fourth-order valence-corrected chi connectivity index (χ4v) is 3.27. The third-order valence-corrected chi connectivity index (χ3v) is 5.17. The van der Waals surface area contributed by atoms with Crippen LogP contribution >= 0.6 is 12.2 Å². The van der Waals surface area contributed by atoms with Gasteiger partial charge in [0.1, 0.15) is 0 Å². The zero-order valence-electron chi connectivity index (χ0n) is 14.9. The number of benzene rings is 1. The van der Waals surface area contributed by atoms with E-state index < -0.39 is 10.0 Å². The van der Waals surface area contributed by atoms with Crippen molar-refractivity contribution in [1.29, 1.82) is 0 Å². The van der Waals surface area contributed by atoms with E-state index in [2.05, 4.69) is 15.3 Å². The van der Waals surface area contributed by atoms with E-state index in [1.807, 2.05) is 41.3 Å². The summed E-state index contributed by atoms with van der Waals surface area (Å²) in [7, 11) is -3.73. The summed E-state index contributed by atoms with van der Waals surface area (Å²) in [5.74, 6) is 0. The first-order valence-electron chi connectivity index (χ1n) is 8.40. The van der Waals surface area contributed by atoms with Crippen molar-refractivity contribution < 1.29 is 8.42 Å². The van der Waals surface area contributed by atoms with Gasteiger partial charge in [0.05, 0.1) is 29.4 Å². The Bertz CT molecular complexity index is 985. The van der Waals surface area contributed by atoms with Crippen molar-refractivity contribution in [3.05, 3.63) is 84.4 Å². The van der Waals surface area contributed by atoms with Crippen LogP contribution in [0.5, 0.6) is 0 Å². The lowest BCUT2D eigenvalue weighted by Gasteiger charge is -2.25. The number of rotatable bonds is 6. The minimum absolute atomic E-state index is 0.0443. The molecule has 3 N–H and O–H groups in total. The highest BCUT2D eigenvalue weighted by atomic mass is 32.2. The molecular formula is C19H19N5O2S2. The molecule has 0 unspecified atom stereocenters. The van der Waals surface area contributed by atoms with Crippen molar-refractivity contribution in [1.82, 2.24) is 14.9 Å². The van der Waals surface area contributed by atoms with Crippen LogP contribution < -0.4 is 10.5 Å². The number of hydrogen-bond donors (Lipinski definition) is 2. The lowest BCUT2D eigenvalue weighted by molar-refractivity contribution is 0.402. The van der Waals surface area contributed by atoms with Gasteiger partial charge >= 0.3 is 0 Å². The number of nitrogens with zero attached hydrogens (tertiary/aromatic N) is 3. The van der Waals surface area contributed by atoms with Crippen molar-refractivity contribution in [3.63, 3.8) is 0 Å². The van der Waals surface area contributed by atoms with Crippen molar-refractivity contribution in [2.45, 2.75) is 18.0 Å². The van der Waals surface area contributed by atoms with Crippen LogP contribution in [-0.4, -0.2) is 28.4 Å². The number of sulfonamides is 1. The third-order valence-electron chi connectivity index (χ3n) is 3.88. The van der Waals surface area contributed by atoms with Crippen LogP contribution in [0.1, 0.15) is 11.4 Å². The summed E-state index contributed by atoms with van der Waals surface area (Å²) >= 11 is 5.58. The maximum atomic E-state index is 11.4. The molecule has 144 valence electrons. The quantitative estimate of drug-likeness (QED) is 0.599. The van der Waals surface area contributed by atoms with Gasteiger partial charge in [0.2, 0.25) is 10.0 Å². The van der Waals surface area contributed by atoms with E-state index in [4.69, 9.17) is 17.4 Å². The van der Waals surface area contributed by atoms with Gasteiger partial charge in [0.25, 0.3) is 0 Å². The van der Waals surface area contributed by atoms with Crippen molar-refractivity contribution in [2.24, 2.45) is 5.14 Å². The monoisotopic (exact) mass is 413 g/mol. The highest BCUT2D eigenvalue weighted by Crippen LogP contribution is 2.15. The van der Waals surface area contributed by atoms with E-state index in [1.165, 1.54) is 12.1 Å². The maximum Gasteiger partial charge on any atom is 0.238 e. The van der Waals surface area contributed by atoms with E-state index in [1.54, 1.807) is 24.5 Å². The molecule has 0 spiro atoms.